The van der Waals surface area contributed by atoms with Crippen LogP contribution in [0.5, 0.6) is 0 Å². The Morgan fingerprint density at radius 1 is 1.39 bits per heavy atom. The van der Waals surface area contributed by atoms with Gasteiger partial charge in [-0.1, -0.05) is 6.92 Å². The van der Waals surface area contributed by atoms with Crippen molar-refractivity contribution in [3.63, 3.8) is 0 Å². The second-order valence-electron chi connectivity index (χ2n) is 4.30. The predicted octanol–water partition coefficient (Wildman–Crippen LogP) is 2.40. The monoisotopic (exact) mass is 243 g/mol. The topological polar surface area (TPSA) is 46.9 Å². The molecule has 0 spiro atoms. The van der Waals surface area contributed by atoms with Crippen LogP contribution in [0.3, 0.4) is 0 Å². The van der Waals surface area contributed by atoms with E-state index in [1.807, 2.05) is 48.9 Å². The van der Waals surface area contributed by atoms with Gasteiger partial charge in [-0.3, -0.25) is 4.79 Å². The van der Waals surface area contributed by atoms with Gasteiger partial charge in [0.05, 0.1) is 6.33 Å². The molecule has 0 bridgehead atoms. The molecule has 0 aliphatic heterocycles. The highest BCUT2D eigenvalue weighted by molar-refractivity contribution is 5.94. The molecule has 2 rings (SSSR count). The molecule has 0 radical (unpaired) electrons. The molecule has 0 aliphatic rings. The van der Waals surface area contributed by atoms with Crippen LogP contribution in [0.25, 0.3) is 5.69 Å². The summed E-state index contributed by atoms with van der Waals surface area (Å²) >= 11 is 0. The van der Waals surface area contributed by atoms with Gasteiger partial charge < -0.3 is 9.88 Å². The number of hydrogen-bond donors (Lipinski definition) is 1. The third-order valence-electron chi connectivity index (χ3n) is 2.92. The number of nitrogens with one attached hydrogen (secondary N) is 1. The number of amides is 1. The Kier molecular flexibility index (Phi) is 3.77. The maximum atomic E-state index is 11.9. The van der Waals surface area contributed by atoms with Gasteiger partial charge >= 0.3 is 0 Å². The second-order valence-corrected chi connectivity index (χ2v) is 4.30. The van der Waals surface area contributed by atoms with E-state index in [-0.39, 0.29) is 11.9 Å². The van der Waals surface area contributed by atoms with Gasteiger partial charge in [0.1, 0.15) is 0 Å². The highest BCUT2D eigenvalue weighted by Gasteiger charge is 2.08. The van der Waals surface area contributed by atoms with Gasteiger partial charge in [0.15, 0.2) is 0 Å². The van der Waals surface area contributed by atoms with Gasteiger partial charge in [-0.15, -0.1) is 0 Å². The number of carbonyl (C=O) groups excluding carboxylic acids is 1. The summed E-state index contributed by atoms with van der Waals surface area (Å²) in [6, 6.07) is 7.67. The minimum Gasteiger partial charge on any atom is -0.350 e. The van der Waals surface area contributed by atoms with Crippen LogP contribution in [0.2, 0.25) is 0 Å². The molecule has 0 aliphatic carbocycles. The Labute approximate surface area is 107 Å². The summed E-state index contributed by atoms with van der Waals surface area (Å²) < 4.78 is 1.90. The zero-order valence-electron chi connectivity index (χ0n) is 10.6. The average Bonchev–Trinajstić information content (AvgIpc) is 2.92. The molecule has 1 unspecified atom stereocenters. The van der Waals surface area contributed by atoms with E-state index in [0.717, 1.165) is 12.1 Å². The molecular formula is C14H17N3O. The zero-order chi connectivity index (χ0) is 13.0. The maximum Gasteiger partial charge on any atom is 0.251 e. The van der Waals surface area contributed by atoms with Crippen molar-refractivity contribution in [2.75, 3.05) is 0 Å². The standard InChI is InChI=1S/C14H17N3O/c1-3-11(2)16-14(18)12-4-6-13(7-5-12)17-9-8-15-10-17/h4-11H,3H2,1-2H3,(H,16,18). The quantitative estimate of drug-likeness (QED) is 0.896. The third-order valence-corrected chi connectivity index (χ3v) is 2.92. The van der Waals surface area contributed by atoms with Gasteiger partial charge in [-0.25, -0.2) is 4.98 Å². The van der Waals surface area contributed by atoms with E-state index in [2.05, 4.69) is 10.3 Å². The first-order chi connectivity index (χ1) is 8.70. The van der Waals surface area contributed by atoms with E-state index >= 15 is 0 Å². The van der Waals surface area contributed by atoms with Crippen molar-refractivity contribution in [1.82, 2.24) is 14.9 Å². The minimum atomic E-state index is -0.0264. The summed E-state index contributed by atoms with van der Waals surface area (Å²) in [5.74, 6) is -0.0264. The van der Waals surface area contributed by atoms with E-state index in [0.29, 0.717) is 5.56 Å². The van der Waals surface area contributed by atoms with Crippen LogP contribution >= 0.6 is 0 Å². The first-order valence-electron chi connectivity index (χ1n) is 6.10. The van der Waals surface area contributed by atoms with Crippen molar-refractivity contribution in [3.8, 4) is 5.69 Å². The van der Waals surface area contributed by atoms with Crippen LogP contribution in [0.4, 0.5) is 0 Å². The van der Waals surface area contributed by atoms with Crippen LogP contribution < -0.4 is 5.32 Å². The third kappa shape index (κ3) is 2.77. The lowest BCUT2D eigenvalue weighted by molar-refractivity contribution is 0.0939. The van der Waals surface area contributed by atoms with Crippen LogP contribution in [-0.4, -0.2) is 21.5 Å². The van der Waals surface area contributed by atoms with Crippen LogP contribution in [-0.2, 0) is 0 Å². The molecule has 4 heteroatoms. The lowest BCUT2D eigenvalue weighted by atomic mass is 10.1. The molecule has 4 nitrogen and oxygen atoms in total. The zero-order valence-corrected chi connectivity index (χ0v) is 10.6. The fourth-order valence-electron chi connectivity index (χ4n) is 1.61. The summed E-state index contributed by atoms with van der Waals surface area (Å²) in [7, 11) is 0. The number of nitrogens with zero attached hydrogens (tertiary/aromatic N) is 2. The molecule has 1 heterocycles. The molecule has 0 saturated carbocycles. The summed E-state index contributed by atoms with van der Waals surface area (Å²) in [5.41, 5.74) is 1.67. The largest absolute Gasteiger partial charge is 0.350 e. The first kappa shape index (κ1) is 12.4. The molecule has 1 N–H and O–H groups in total. The summed E-state index contributed by atoms with van der Waals surface area (Å²) in [5, 5.41) is 2.94. The number of rotatable bonds is 4. The highest BCUT2D eigenvalue weighted by Crippen LogP contribution is 2.09. The molecular weight excluding hydrogens is 226 g/mol. The Bertz CT molecular complexity index is 502. The Morgan fingerprint density at radius 2 is 2.11 bits per heavy atom. The molecule has 18 heavy (non-hydrogen) atoms. The number of carbonyl (C=O) groups is 1. The van der Waals surface area contributed by atoms with Crippen LogP contribution in [0, 0.1) is 0 Å². The maximum absolute atomic E-state index is 11.9. The van der Waals surface area contributed by atoms with Gasteiger partial charge in [0, 0.05) is 29.7 Å². The molecule has 1 aromatic heterocycles. The molecule has 1 amide bonds. The number of aromatic nitrogens is 2. The van der Waals surface area contributed by atoms with Crippen molar-refractivity contribution in [2.24, 2.45) is 0 Å². The Hall–Kier alpha value is -2.10. The van der Waals surface area contributed by atoms with Crippen molar-refractivity contribution >= 4 is 5.91 Å². The van der Waals surface area contributed by atoms with Gasteiger partial charge in [0.2, 0.25) is 0 Å². The molecule has 1 atom stereocenters. The van der Waals surface area contributed by atoms with Crippen LogP contribution in [0.1, 0.15) is 30.6 Å². The average molecular weight is 243 g/mol. The number of hydrogen-bond acceptors (Lipinski definition) is 2. The summed E-state index contributed by atoms with van der Waals surface area (Å²) in [6.45, 7) is 4.05. The highest BCUT2D eigenvalue weighted by atomic mass is 16.1. The van der Waals surface area contributed by atoms with E-state index in [1.165, 1.54) is 0 Å². The fraction of sp³-hybridized carbons (Fsp3) is 0.286. The molecule has 2 aromatic rings. The van der Waals surface area contributed by atoms with Gasteiger partial charge in [-0.05, 0) is 37.6 Å². The van der Waals surface area contributed by atoms with Crippen molar-refractivity contribution in [3.05, 3.63) is 48.5 Å². The minimum absolute atomic E-state index is 0.0264. The van der Waals surface area contributed by atoms with Crippen LogP contribution in [0.15, 0.2) is 43.0 Å². The SMILES string of the molecule is CCC(C)NC(=O)c1ccc(-n2ccnc2)cc1. The Balaban J connectivity index is 2.10. The Morgan fingerprint density at radius 3 is 2.67 bits per heavy atom. The smallest absolute Gasteiger partial charge is 0.251 e. The lowest BCUT2D eigenvalue weighted by Crippen LogP contribution is -2.31. The second kappa shape index (κ2) is 5.49. The van der Waals surface area contributed by atoms with Crippen molar-refractivity contribution in [1.29, 1.82) is 0 Å². The lowest BCUT2D eigenvalue weighted by Gasteiger charge is -2.11. The van der Waals surface area contributed by atoms with Gasteiger partial charge in [-0.2, -0.15) is 0 Å². The molecule has 94 valence electrons. The van der Waals surface area contributed by atoms with E-state index in [9.17, 15) is 4.79 Å². The summed E-state index contributed by atoms with van der Waals surface area (Å²) in [4.78, 5) is 15.9. The predicted molar refractivity (Wildman–Crippen MR) is 70.8 cm³/mol. The fourth-order valence-corrected chi connectivity index (χ4v) is 1.61. The molecule has 0 saturated heterocycles. The van der Waals surface area contributed by atoms with Crippen molar-refractivity contribution in [2.45, 2.75) is 26.3 Å². The van der Waals surface area contributed by atoms with E-state index < -0.39 is 0 Å². The van der Waals surface area contributed by atoms with E-state index in [4.69, 9.17) is 0 Å². The molecule has 0 fully saturated rings. The van der Waals surface area contributed by atoms with E-state index in [1.54, 1.807) is 12.5 Å². The number of benzene rings is 1. The first-order valence-corrected chi connectivity index (χ1v) is 6.10. The van der Waals surface area contributed by atoms with Gasteiger partial charge in [0.25, 0.3) is 5.91 Å². The number of imidazole rings is 1. The van der Waals surface area contributed by atoms with Crippen molar-refractivity contribution < 1.29 is 4.79 Å². The summed E-state index contributed by atoms with van der Waals surface area (Å²) in [6.07, 6.45) is 6.25. The normalized spacial score (nSPS) is 12.1. The molecule has 1 aromatic carbocycles.